The average Bonchev–Trinajstić information content (AvgIpc) is 3.20. The van der Waals surface area contributed by atoms with Crippen LogP contribution in [0.2, 0.25) is 0 Å². The van der Waals surface area contributed by atoms with Gasteiger partial charge in [-0.1, -0.05) is 17.7 Å². The van der Waals surface area contributed by atoms with Crippen LogP contribution in [-0.4, -0.2) is 53.9 Å². The van der Waals surface area contributed by atoms with Gasteiger partial charge in [0.15, 0.2) is 0 Å². The molecule has 0 aliphatic carbocycles. The van der Waals surface area contributed by atoms with Crippen molar-refractivity contribution in [1.29, 1.82) is 0 Å². The summed E-state index contributed by atoms with van der Waals surface area (Å²) in [4.78, 5) is 57.9. The second-order valence-electron chi connectivity index (χ2n) is 8.04. The van der Waals surface area contributed by atoms with Crippen molar-refractivity contribution in [3.8, 4) is 11.5 Å². The highest BCUT2D eigenvalue weighted by molar-refractivity contribution is 6.24. The van der Waals surface area contributed by atoms with Gasteiger partial charge in [0.1, 0.15) is 17.5 Å². The molecular formula is C26H24N4O6. The topological polar surface area (TPSA) is 118 Å². The lowest BCUT2D eigenvalue weighted by atomic mass is 10.1. The zero-order valence-electron chi connectivity index (χ0n) is 19.9. The van der Waals surface area contributed by atoms with E-state index in [9.17, 15) is 19.2 Å². The SMILES string of the molecule is COc1ccc(OC)c(N2C(=O)CC(N(NC(=O)c3ccncc3)C(=O)c3ccc(C)cc3)C2=O)c1. The Morgan fingerprint density at radius 3 is 2.31 bits per heavy atom. The number of carbonyl (C=O) groups is 4. The number of hydrogen-bond donors (Lipinski definition) is 1. The lowest BCUT2D eigenvalue weighted by molar-refractivity contribution is -0.122. The minimum Gasteiger partial charge on any atom is -0.497 e. The Bertz CT molecular complexity index is 1310. The first-order chi connectivity index (χ1) is 17.3. The molecule has 1 aromatic heterocycles. The van der Waals surface area contributed by atoms with Crippen molar-refractivity contribution in [2.24, 2.45) is 0 Å². The molecule has 1 N–H and O–H groups in total. The maximum Gasteiger partial charge on any atom is 0.273 e. The van der Waals surface area contributed by atoms with Gasteiger partial charge in [0.2, 0.25) is 5.91 Å². The highest BCUT2D eigenvalue weighted by Crippen LogP contribution is 2.36. The average molecular weight is 489 g/mol. The molecule has 0 bridgehead atoms. The molecule has 1 fully saturated rings. The number of hydrogen-bond acceptors (Lipinski definition) is 7. The first kappa shape index (κ1) is 24.4. The Hall–Kier alpha value is -4.73. The number of ether oxygens (including phenoxy) is 2. The first-order valence-corrected chi connectivity index (χ1v) is 11.0. The second-order valence-corrected chi connectivity index (χ2v) is 8.04. The Labute approximate surface area is 207 Å². The summed E-state index contributed by atoms with van der Waals surface area (Å²) in [7, 11) is 2.87. The molecule has 0 radical (unpaired) electrons. The van der Waals surface area contributed by atoms with Crippen LogP contribution in [-0.2, 0) is 9.59 Å². The highest BCUT2D eigenvalue weighted by Gasteiger charge is 2.46. The molecule has 10 heteroatoms. The van der Waals surface area contributed by atoms with E-state index >= 15 is 0 Å². The summed E-state index contributed by atoms with van der Waals surface area (Å²) in [6.45, 7) is 1.87. The second kappa shape index (κ2) is 10.3. The fourth-order valence-corrected chi connectivity index (χ4v) is 3.82. The number of methoxy groups -OCH3 is 2. The molecule has 0 spiro atoms. The summed E-state index contributed by atoms with van der Waals surface area (Å²) in [5, 5.41) is 0.917. The number of hydrazine groups is 1. The number of benzene rings is 2. The number of aromatic nitrogens is 1. The van der Waals surface area contributed by atoms with Crippen LogP contribution in [0.1, 0.15) is 32.7 Å². The van der Waals surface area contributed by atoms with E-state index in [0.717, 1.165) is 15.5 Å². The van der Waals surface area contributed by atoms with Gasteiger partial charge in [-0.25, -0.2) is 9.91 Å². The number of amides is 4. The molecule has 1 unspecified atom stereocenters. The number of imide groups is 1. The fourth-order valence-electron chi connectivity index (χ4n) is 3.82. The predicted molar refractivity (Wildman–Crippen MR) is 129 cm³/mol. The van der Waals surface area contributed by atoms with Crippen molar-refractivity contribution >= 4 is 29.3 Å². The van der Waals surface area contributed by atoms with Gasteiger partial charge in [-0.3, -0.25) is 29.6 Å². The molecule has 1 aliphatic rings. The number of rotatable bonds is 6. The van der Waals surface area contributed by atoms with Crippen molar-refractivity contribution < 1.29 is 28.7 Å². The van der Waals surface area contributed by atoms with Crippen LogP contribution in [0.4, 0.5) is 5.69 Å². The Balaban J connectivity index is 1.71. The summed E-state index contributed by atoms with van der Waals surface area (Å²) in [5.74, 6) is -1.83. The number of anilines is 1. The van der Waals surface area contributed by atoms with E-state index in [0.29, 0.717) is 5.75 Å². The summed E-state index contributed by atoms with van der Waals surface area (Å²) in [6, 6.07) is 13.0. The Kier molecular flexibility index (Phi) is 6.95. The minimum atomic E-state index is -1.28. The van der Waals surface area contributed by atoms with E-state index in [1.807, 2.05) is 6.92 Å². The molecule has 184 valence electrons. The molecule has 2 aromatic carbocycles. The van der Waals surface area contributed by atoms with Crippen molar-refractivity contribution in [1.82, 2.24) is 15.4 Å². The normalized spacial score (nSPS) is 15.0. The highest BCUT2D eigenvalue weighted by atomic mass is 16.5. The van der Waals surface area contributed by atoms with Gasteiger partial charge in [0, 0.05) is 29.6 Å². The quantitative estimate of drug-likeness (QED) is 0.418. The van der Waals surface area contributed by atoms with Gasteiger partial charge >= 0.3 is 0 Å². The number of aryl methyl sites for hydroxylation is 1. The van der Waals surface area contributed by atoms with E-state index in [1.54, 1.807) is 36.4 Å². The Morgan fingerprint density at radius 1 is 0.972 bits per heavy atom. The van der Waals surface area contributed by atoms with Crippen LogP contribution < -0.4 is 19.8 Å². The number of nitrogens with zero attached hydrogens (tertiary/aromatic N) is 3. The van der Waals surface area contributed by atoms with Crippen molar-refractivity contribution in [2.45, 2.75) is 19.4 Å². The van der Waals surface area contributed by atoms with Crippen LogP contribution in [0.5, 0.6) is 11.5 Å². The van der Waals surface area contributed by atoms with Crippen LogP contribution in [0.25, 0.3) is 0 Å². The van der Waals surface area contributed by atoms with Crippen molar-refractivity contribution in [3.63, 3.8) is 0 Å². The molecule has 36 heavy (non-hydrogen) atoms. The molecule has 4 rings (SSSR count). The van der Waals surface area contributed by atoms with Gasteiger partial charge in [0.05, 0.1) is 26.3 Å². The third-order valence-electron chi connectivity index (χ3n) is 5.74. The number of pyridine rings is 1. The molecule has 1 saturated heterocycles. The molecule has 10 nitrogen and oxygen atoms in total. The standard InChI is InChI=1S/C26H24N4O6/c1-16-4-6-18(7-5-16)25(33)30(28-24(32)17-10-12-27-13-11-17)21-15-23(31)29(26(21)34)20-14-19(35-2)8-9-22(20)36-3/h4-14,21H,15H2,1-3H3,(H,28,32). The van der Waals surface area contributed by atoms with Gasteiger partial charge in [-0.15, -0.1) is 0 Å². The third kappa shape index (κ3) is 4.74. The molecule has 4 amide bonds. The predicted octanol–water partition coefficient (Wildman–Crippen LogP) is 2.53. The van der Waals surface area contributed by atoms with Gasteiger partial charge in [-0.2, -0.15) is 0 Å². The fraction of sp³-hybridized carbons (Fsp3) is 0.192. The van der Waals surface area contributed by atoms with Crippen LogP contribution in [0.15, 0.2) is 67.0 Å². The van der Waals surface area contributed by atoms with Gasteiger partial charge in [-0.05, 0) is 43.3 Å². The van der Waals surface area contributed by atoms with Gasteiger partial charge < -0.3 is 9.47 Å². The van der Waals surface area contributed by atoms with E-state index in [-0.39, 0.29) is 29.0 Å². The summed E-state index contributed by atoms with van der Waals surface area (Å²) in [6.07, 6.45) is 2.53. The van der Waals surface area contributed by atoms with E-state index < -0.39 is 29.7 Å². The zero-order chi connectivity index (χ0) is 25.8. The largest absolute Gasteiger partial charge is 0.497 e. The maximum absolute atomic E-state index is 13.6. The molecule has 1 aliphatic heterocycles. The zero-order valence-corrected chi connectivity index (χ0v) is 19.9. The lowest BCUT2D eigenvalue weighted by Gasteiger charge is -2.28. The van der Waals surface area contributed by atoms with Crippen LogP contribution in [0.3, 0.4) is 0 Å². The number of carbonyl (C=O) groups excluding carboxylic acids is 4. The van der Waals surface area contributed by atoms with Gasteiger partial charge in [0.25, 0.3) is 17.7 Å². The van der Waals surface area contributed by atoms with E-state index in [4.69, 9.17) is 9.47 Å². The monoisotopic (exact) mass is 488 g/mol. The summed E-state index contributed by atoms with van der Waals surface area (Å²) >= 11 is 0. The molecule has 3 aromatic rings. The number of nitrogens with one attached hydrogen (secondary N) is 1. The lowest BCUT2D eigenvalue weighted by Crippen LogP contribution is -2.54. The first-order valence-electron chi connectivity index (χ1n) is 11.0. The molecule has 2 heterocycles. The smallest absolute Gasteiger partial charge is 0.273 e. The van der Waals surface area contributed by atoms with Crippen molar-refractivity contribution in [3.05, 3.63) is 83.7 Å². The summed E-state index contributed by atoms with van der Waals surface area (Å²) < 4.78 is 10.6. The third-order valence-corrected chi connectivity index (χ3v) is 5.74. The van der Waals surface area contributed by atoms with Crippen LogP contribution in [0, 0.1) is 6.92 Å². The Morgan fingerprint density at radius 2 is 1.67 bits per heavy atom. The van der Waals surface area contributed by atoms with Crippen LogP contribution >= 0.6 is 0 Å². The van der Waals surface area contributed by atoms with E-state index in [2.05, 4.69) is 10.4 Å². The molecule has 1 atom stereocenters. The maximum atomic E-state index is 13.6. The minimum absolute atomic E-state index is 0.178. The van der Waals surface area contributed by atoms with E-state index in [1.165, 1.54) is 44.8 Å². The van der Waals surface area contributed by atoms with Crippen molar-refractivity contribution in [2.75, 3.05) is 19.1 Å². The molecule has 0 saturated carbocycles. The molecular weight excluding hydrogens is 464 g/mol. The summed E-state index contributed by atoms with van der Waals surface area (Å²) in [5.41, 5.74) is 4.11.